The zero-order valence-electron chi connectivity index (χ0n) is 11.0. The Kier molecular flexibility index (Phi) is 3.62. The maximum Gasteiger partial charge on any atom is 0.209 e. The van der Waals surface area contributed by atoms with E-state index in [0.29, 0.717) is 6.04 Å². The summed E-state index contributed by atoms with van der Waals surface area (Å²) in [5, 5.41) is 0. The van der Waals surface area contributed by atoms with Crippen LogP contribution in [0.25, 0.3) is 11.3 Å². The Bertz CT molecular complexity index is 515. The fourth-order valence-corrected chi connectivity index (χ4v) is 2.42. The highest BCUT2D eigenvalue weighted by Crippen LogP contribution is 2.21. The van der Waals surface area contributed by atoms with Crippen molar-refractivity contribution in [1.29, 1.82) is 0 Å². The highest BCUT2D eigenvalue weighted by atomic mass is 16.4. The number of piperidine rings is 1. The van der Waals surface area contributed by atoms with Crippen molar-refractivity contribution >= 4 is 0 Å². The van der Waals surface area contributed by atoms with E-state index >= 15 is 0 Å². The summed E-state index contributed by atoms with van der Waals surface area (Å²) in [6, 6.07) is 10.4. The van der Waals surface area contributed by atoms with Gasteiger partial charge in [0, 0.05) is 24.7 Å². The average Bonchev–Trinajstić information content (AvgIpc) is 2.91. The molecule has 1 fully saturated rings. The molecular weight excluding hydrogens is 238 g/mol. The molecule has 0 aliphatic carbocycles. The summed E-state index contributed by atoms with van der Waals surface area (Å²) < 4.78 is 5.82. The fourth-order valence-electron chi connectivity index (χ4n) is 2.42. The van der Waals surface area contributed by atoms with E-state index in [1.165, 1.54) is 0 Å². The molecule has 1 saturated heterocycles. The Morgan fingerprint density at radius 2 is 1.95 bits per heavy atom. The molecule has 100 valence electrons. The van der Waals surface area contributed by atoms with Crippen LogP contribution < -0.4 is 5.73 Å². The van der Waals surface area contributed by atoms with Crippen LogP contribution in [0.2, 0.25) is 0 Å². The van der Waals surface area contributed by atoms with Crippen LogP contribution in [0.4, 0.5) is 0 Å². The van der Waals surface area contributed by atoms with Crippen molar-refractivity contribution in [3.8, 4) is 11.3 Å². The first-order valence-electron chi connectivity index (χ1n) is 6.79. The highest BCUT2D eigenvalue weighted by Gasteiger charge is 2.18. The Labute approximate surface area is 113 Å². The number of hydrogen-bond acceptors (Lipinski definition) is 4. The Morgan fingerprint density at radius 3 is 2.68 bits per heavy atom. The molecule has 0 bridgehead atoms. The van der Waals surface area contributed by atoms with Crippen molar-refractivity contribution in [2.45, 2.75) is 25.4 Å². The van der Waals surface area contributed by atoms with Crippen LogP contribution in [0.15, 0.2) is 40.9 Å². The third kappa shape index (κ3) is 3.03. The first-order chi connectivity index (χ1) is 9.31. The van der Waals surface area contributed by atoms with E-state index in [-0.39, 0.29) is 0 Å². The summed E-state index contributed by atoms with van der Waals surface area (Å²) >= 11 is 0. The normalized spacial score (nSPS) is 17.7. The van der Waals surface area contributed by atoms with Gasteiger partial charge in [-0.3, -0.25) is 4.90 Å². The number of oxazole rings is 1. The van der Waals surface area contributed by atoms with Crippen molar-refractivity contribution in [3.63, 3.8) is 0 Å². The third-order valence-electron chi connectivity index (χ3n) is 3.60. The lowest BCUT2D eigenvalue weighted by Crippen LogP contribution is -2.39. The lowest BCUT2D eigenvalue weighted by molar-refractivity contribution is 0.189. The zero-order valence-corrected chi connectivity index (χ0v) is 11.0. The summed E-state index contributed by atoms with van der Waals surface area (Å²) in [5.41, 5.74) is 6.98. The van der Waals surface area contributed by atoms with Crippen molar-refractivity contribution in [1.82, 2.24) is 9.88 Å². The molecule has 2 N–H and O–H groups in total. The minimum atomic E-state index is 0.362. The van der Waals surface area contributed by atoms with Gasteiger partial charge in [-0.15, -0.1) is 0 Å². The van der Waals surface area contributed by atoms with E-state index in [9.17, 15) is 0 Å². The molecule has 0 saturated carbocycles. The van der Waals surface area contributed by atoms with Gasteiger partial charge in [-0.25, -0.2) is 4.98 Å². The maximum absolute atomic E-state index is 5.90. The number of aromatic nitrogens is 1. The largest absolute Gasteiger partial charge is 0.439 e. The lowest BCUT2D eigenvalue weighted by atomic mass is 10.1. The van der Waals surface area contributed by atoms with Gasteiger partial charge in [-0.05, 0) is 12.8 Å². The SMILES string of the molecule is NC1CCN(Cc2ncc(-c3ccccc3)o2)CC1. The number of likely N-dealkylation sites (tertiary alicyclic amines) is 1. The van der Waals surface area contributed by atoms with Gasteiger partial charge >= 0.3 is 0 Å². The number of nitrogens with two attached hydrogens (primary N) is 1. The second kappa shape index (κ2) is 5.55. The zero-order chi connectivity index (χ0) is 13.1. The minimum Gasteiger partial charge on any atom is -0.439 e. The van der Waals surface area contributed by atoms with Crippen molar-refractivity contribution in [3.05, 3.63) is 42.4 Å². The van der Waals surface area contributed by atoms with Crippen molar-refractivity contribution in [2.24, 2.45) is 5.73 Å². The van der Waals surface area contributed by atoms with Gasteiger partial charge in [0.05, 0.1) is 12.7 Å². The molecule has 1 aliphatic rings. The van der Waals surface area contributed by atoms with Crippen LogP contribution in [-0.2, 0) is 6.54 Å². The average molecular weight is 257 g/mol. The molecule has 0 atom stereocenters. The van der Waals surface area contributed by atoms with Crippen molar-refractivity contribution < 1.29 is 4.42 Å². The molecule has 0 radical (unpaired) electrons. The Hall–Kier alpha value is -1.65. The molecule has 2 heterocycles. The van der Waals surface area contributed by atoms with E-state index < -0.39 is 0 Å². The van der Waals surface area contributed by atoms with Gasteiger partial charge in [-0.2, -0.15) is 0 Å². The van der Waals surface area contributed by atoms with Gasteiger partial charge in [-0.1, -0.05) is 30.3 Å². The van der Waals surface area contributed by atoms with Crippen molar-refractivity contribution in [2.75, 3.05) is 13.1 Å². The maximum atomic E-state index is 5.90. The Balaban J connectivity index is 1.65. The molecule has 3 rings (SSSR count). The number of nitrogens with zero attached hydrogens (tertiary/aromatic N) is 2. The van der Waals surface area contributed by atoms with Crippen LogP contribution in [0.5, 0.6) is 0 Å². The monoisotopic (exact) mass is 257 g/mol. The molecule has 4 nitrogen and oxygen atoms in total. The highest BCUT2D eigenvalue weighted by molar-refractivity contribution is 5.55. The molecule has 1 aromatic heterocycles. The smallest absolute Gasteiger partial charge is 0.209 e. The molecule has 1 aliphatic heterocycles. The second-order valence-corrected chi connectivity index (χ2v) is 5.10. The topological polar surface area (TPSA) is 55.3 Å². The first-order valence-corrected chi connectivity index (χ1v) is 6.79. The molecule has 4 heteroatoms. The first kappa shape index (κ1) is 12.4. The van der Waals surface area contributed by atoms with Crippen LogP contribution in [-0.4, -0.2) is 29.0 Å². The van der Waals surface area contributed by atoms with E-state index in [2.05, 4.69) is 9.88 Å². The molecule has 0 amide bonds. The van der Waals surface area contributed by atoms with Crippen LogP contribution >= 0.6 is 0 Å². The number of rotatable bonds is 3. The molecular formula is C15H19N3O. The van der Waals surface area contributed by atoms with E-state index in [1.54, 1.807) is 6.20 Å². The lowest BCUT2D eigenvalue weighted by Gasteiger charge is -2.28. The molecule has 2 aromatic rings. The van der Waals surface area contributed by atoms with E-state index in [1.807, 2.05) is 30.3 Å². The fraction of sp³-hybridized carbons (Fsp3) is 0.400. The summed E-state index contributed by atoms with van der Waals surface area (Å²) in [7, 11) is 0. The summed E-state index contributed by atoms with van der Waals surface area (Å²) in [6.45, 7) is 2.84. The van der Waals surface area contributed by atoms with Gasteiger partial charge < -0.3 is 10.2 Å². The quantitative estimate of drug-likeness (QED) is 0.916. The second-order valence-electron chi connectivity index (χ2n) is 5.10. The molecule has 0 unspecified atom stereocenters. The summed E-state index contributed by atoms with van der Waals surface area (Å²) in [5.74, 6) is 1.62. The minimum absolute atomic E-state index is 0.362. The predicted molar refractivity (Wildman–Crippen MR) is 74.4 cm³/mol. The molecule has 0 spiro atoms. The van der Waals surface area contributed by atoms with E-state index in [4.69, 9.17) is 10.2 Å². The Morgan fingerprint density at radius 1 is 1.21 bits per heavy atom. The van der Waals surface area contributed by atoms with Crippen LogP contribution in [0.1, 0.15) is 18.7 Å². The van der Waals surface area contributed by atoms with Gasteiger partial charge in [0.2, 0.25) is 5.89 Å². The molecule has 19 heavy (non-hydrogen) atoms. The predicted octanol–water partition coefficient (Wildman–Crippen LogP) is 2.26. The number of benzene rings is 1. The van der Waals surface area contributed by atoms with Gasteiger partial charge in [0.1, 0.15) is 0 Å². The van der Waals surface area contributed by atoms with Gasteiger partial charge in [0.25, 0.3) is 0 Å². The van der Waals surface area contributed by atoms with Crippen LogP contribution in [0, 0.1) is 0 Å². The third-order valence-corrected chi connectivity index (χ3v) is 3.60. The summed E-state index contributed by atoms with van der Waals surface area (Å²) in [4.78, 5) is 6.72. The molecule has 1 aromatic carbocycles. The number of hydrogen-bond donors (Lipinski definition) is 1. The van der Waals surface area contributed by atoms with Gasteiger partial charge in [0.15, 0.2) is 5.76 Å². The summed E-state index contributed by atoms with van der Waals surface area (Å²) in [6.07, 6.45) is 3.93. The van der Waals surface area contributed by atoms with E-state index in [0.717, 1.165) is 49.7 Å². The standard InChI is InChI=1S/C15H19N3O/c16-13-6-8-18(9-7-13)11-15-17-10-14(19-15)12-4-2-1-3-5-12/h1-5,10,13H,6-9,11,16H2. The van der Waals surface area contributed by atoms with Crippen LogP contribution in [0.3, 0.4) is 0 Å².